The monoisotopic (exact) mass is 260 g/mol. The first-order valence-corrected chi connectivity index (χ1v) is 8.44. The molecule has 2 aliphatic carbocycles. The van der Waals surface area contributed by atoms with Gasteiger partial charge in [0.2, 0.25) is 10.0 Å². The van der Waals surface area contributed by atoms with Gasteiger partial charge in [-0.05, 0) is 38.0 Å². The predicted octanol–water partition coefficient (Wildman–Crippen LogP) is 1.19. The number of rotatable bonds is 9. The Morgan fingerprint density at radius 2 is 1.94 bits per heavy atom. The third-order valence-electron chi connectivity index (χ3n) is 3.40. The standard InChI is InChI=1S/C12H24N2O2S/c1-2-8-14(10-11-3-4-11)17(15,16)9-7-13-12-5-6-12/h11-13H,2-10H2,1H3. The van der Waals surface area contributed by atoms with Gasteiger partial charge in [0.25, 0.3) is 0 Å². The molecule has 0 aromatic carbocycles. The molecule has 2 rings (SSSR count). The molecular weight excluding hydrogens is 236 g/mol. The van der Waals surface area contributed by atoms with E-state index in [0.717, 1.165) is 13.0 Å². The van der Waals surface area contributed by atoms with Gasteiger partial charge in [0.1, 0.15) is 0 Å². The first-order chi connectivity index (χ1) is 8.12. The highest BCUT2D eigenvalue weighted by atomic mass is 32.2. The SMILES string of the molecule is CCCN(CC1CC1)S(=O)(=O)CCNC1CC1. The minimum Gasteiger partial charge on any atom is -0.313 e. The normalized spacial score (nSPS) is 21.1. The van der Waals surface area contributed by atoms with Crippen molar-refractivity contribution < 1.29 is 8.42 Å². The zero-order valence-corrected chi connectivity index (χ0v) is 11.5. The van der Waals surface area contributed by atoms with Crippen LogP contribution in [0.4, 0.5) is 0 Å². The Bertz CT molecular complexity index is 334. The topological polar surface area (TPSA) is 49.4 Å². The highest BCUT2D eigenvalue weighted by molar-refractivity contribution is 7.89. The van der Waals surface area contributed by atoms with Crippen LogP contribution in [0.1, 0.15) is 39.0 Å². The second-order valence-corrected chi connectivity index (χ2v) is 7.43. The summed E-state index contributed by atoms with van der Waals surface area (Å²) in [4.78, 5) is 0. The van der Waals surface area contributed by atoms with Crippen LogP contribution in [0.25, 0.3) is 0 Å². The minimum atomic E-state index is -3.04. The summed E-state index contributed by atoms with van der Waals surface area (Å²) in [6, 6.07) is 0.591. The maximum atomic E-state index is 12.2. The van der Waals surface area contributed by atoms with Crippen molar-refractivity contribution in [2.45, 2.75) is 45.1 Å². The van der Waals surface area contributed by atoms with E-state index in [4.69, 9.17) is 0 Å². The largest absolute Gasteiger partial charge is 0.313 e. The number of hydrogen-bond donors (Lipinski definition) is 1. The molecule has 0 radical (unpaired) electrons. The first-order valence-electron chi connectivity index (χ1n) is 6.83. The summed E-state index contributed by atoms with van der Waals surface area (Å²) in [6.45, 7) is 4.08. The molecule has 0 aromatic heterocycles. The van der Waals surface area contributed by atoms with Gasteiger partial charge in [-0.2, -0.15) is 0 Å². The second-order valence-electron chi connectivity index (χ2n) is 5.35. The number of sulfonamides is 1. The Morgan fingerprint density at radius 3 is 2.47 bits per heavy atom. The third kappa shape index (κ3) is 4.56. The molecule has 4 nitrogen and oxygen atoms in total. The Morgan fingerprint density at radius 1 is 1.24 bits per heavy atom. The molecule has 0 heterocycles. The Balaban J connectivity index is 1.79. The maximum absolute atomic E-state index is 12.2. The molecule has 2 fully saturated rings. The van der Waals surface area contributed by atoms with Crippen molar-refractivity contribution in [3.8, 4) is 0 Å². The Kier molecular flexibility index (Phi) is 4.44. The summed E-state index contributed by atoms with van der Waals surface area (Å²) >= 11 is 0. The molecule has 0 unspecified atom stereocenters. The van der Waals surface area contributed by atoms with Crippen molar-refractivity contribution in [1.29, 1.82) is 0 Å². The molecule has 2 aliphatic rings. The Hall–Kier alpha value is -0.130. The molecule has 1 N–H and O–H groups in total. The van der Waals surface area contributed by atoms with Crippen molar-refractivity contribution >= 4 is 10.0 Å². The molecule has 5 heteroatoms. The smallest absolute Gasteiger partial charge is 0.215 e. The van der Waals surface area contributed by atoms with Crippen LogP contribution in [0.5, 0.6) is 0 Å². The van der Waals surface area contributed by atoms with Crippen LogP contribution in [0.2, 0.25) is 0 Å². The predicted molar refractivity (Wildman–Crippen MR) is 69.4 cm³/mol. The van der Waals surface area contributed by atoms with Crippen LogP contribution >= 0.6 is 0 Å². The van der Waals surface area contributed by atoms with Crippen molar-refractivity contribution in [2.24, 2.45) is 5.92 Å². The lowest BCUT2D eigenvalue weighted by Gasteiger charge is -2.21. The van der Waals surface area contributed by atoms with E-state index in [9.17, 15) is 8.42 Å². The van der Waals surface area contributed by atoms with E-state index in [1.807, 2.05) is 6.92 Å². The van der Waals surface area contributed by atoms with Crippen molar-refractivity contribution in [3.63, 3.8) is 0 Å². The average molecular weight is 260 g/mol. The van der Waals surface area contributed by atoms with E-state index in [-0.39, 0.29) is 5.75 Å². The fraction of sp³-hybridized carbons (Fsp3) is 1.00. The van der Waals surface area contributed by atoms with Crippen molar-refractivity contribution in [3.05, 3.63) is 0 Å². The van der Waals surface area contributed by atoms with Crippen LogP contribution in [0, 0.1) is 5.92 Å². The van der Waals surface area contributed by atoms with Gasteiger partial charge in [0.15, 0.2) is 0 Å². The minimum absolute atomic E-state index is 0.260. The molecule has 0 bridgehead atoms. The van der Waals surface area contributed by atoms with Crippen LogP contribution in [-0.4, -0.2) is 44.2 Å². The molecule has 2 saturated carbocycles. The van der Waals surface area contributed by atoms with Crippen molar-refractivity contribution in [2.75, 3.05) is 25.4 Å². The lowest BCUT2D eigenvalue weighted by Crippen LogP contribution is -2.38. The highest BCUT2D eigenvalue weighted by Crippen LogP contribution is 2.30. The summed E-state index contributed by atoms with van der Waals surface area (Å²) in [5.74, 6) is 0.892. The second kappa shape index (κ2) is 5.67. The van der Waals surface area contributed by atoms with Gasteiger partial charge < -0.3 is 5.32 Å². The number of hydrogen-bond acceptors (Lipinski definition) is 3. The summed E-state index contributed by atoms with van der Waals surface area (Å²) in [7, 11) is -3.04. The zero-order valence-electron chi connectivity index (χ0n) is 10.7. The van der Waals surface area contributed by atoms with Gasteiger partial charge in [0, 0.05) is 25.7 Å². The quantitative estimate of drug-likeness (QED) is 0.677. The molecule has 100 valence electrons. The molecule has 0 aromatic rings. The summed E-state index contributed by atoms with van der Waals surface area (Å²) in [5, 5.41) is 3.27. The molecule has 0 atom stereocenters. The van der Waals surface area contributed by atoms with E-state index in [1.54, 1.807) is 4.31 Å². The fourth-order valence-corrected chi connectivity index (χ4v) is 3.52. The molecule has 0 spiro atoms. The van der Waals surface area contributed by atoms with Crippen LogP contribution < -0.4 is 5.32 Å². The molecular formula is C12H24N2O2S. The van der Waals surface area contributed by atoms with Crippen LogP contribution in [0.15, 0.2) is 0 Å². The summed E-state index contributed by atoms with van der Waals surface area (Å²) < 4.78 is 26.1. The van der Waals surface area contributed by atoms with Gasteiger partial charge in [0.05, 0.1) is 5.75 Å². The highest BCUT2D eigenvalue weighted by Gasteiger charge is 2.30. The lowest BCUT2D eigenvalue weighted by molar-refractivity contribution is 0.395. The lowest BCUT2D eigenvalue weighted by atomic mass is 10.4. The van der Waals surface area contributed by atoms with Gasteiger partial charge in [-0.3, -0.25) is 0 Å². The third-order valence-corrected chi connectivity index (χ3v) is 5.23. The summed E-state index contributed by atoms with van der Waals surface area (Å²) in [6.07, 6.45) is 5.73. The van der Waals surface area contributed by atoms with E-state index in [1.165, 1.54) is 25.7 Å². The first kappa shape index (κ1) is 13.3. The molecule has 0 aliphatic heterocycles. The van der Waals surface area contributed by atoms with E-state index in [0.29, 0.717) is 25.0 Å². The fourth-order valence-electron chi connectivity index (χ4n) is 1.99. The van der Waals surface area contributed by atoms with E-state index >= 15 is 0 Å². The van der Waals surface area contributed by atoms with E-state index in [2.05, 4.69) is 5.32 Å². The van der Waals surface area contributed by atoms with Gasteiger partial charge in [-0.1, -0.05) is 6.92 Å². The number of nitrogens with one attached hydrogen (secondary N) is 1. The maximum Gasteiger partial charge on any atom is 0.215 e. The van der Waals surface area contributed by atoms with Crippen LogP contribution in [0.3, 0.4) is 0 Å². The van der Waals surface area contributed by atoms with Gasteiger partial charge >= 0.3 is 0 Å². The molecule has 0 amide bonds. The van der Waals surface area contributed by atoms with Crippen LogP contribution in [-0.2, 0) is 10.0 Å². The molecule has 17 heavy (non-hydrogen) atoms. The van der Waals surface area contributed by atoms with Gasteiger partial charge in [-0.15, -0.1) is 0 Å². The van der Waals surface area contributed by atoms with Gasteiger partial charge in [-0.25, -0.2) is 12.7 Å². The number of nitrogens with zero attached hydrogens (tertiary/aromatic N) is 1. The zero-order chi connectivity index (χ0) is 12.3. The molecule has 0 saturated heterocycles. The van der Waals surface area contributed by atoms with E-state index < -0.39 is 10.0 Å². The van der Waals surface area contributed by atoms with Crippen molar-refractivity contribution in [1.82, 2.24) is 9.62 Å². The summed E-state index contributed by atoms with van der Waals surface area (Å²) in [5.41, 5.74) is 0. The average Bonchev–Trinajstić information content (AvgIpc) is 3.11. The Labute approximate surface area is 105 Å².